The zero-order valence-electron chi connectivity index (χ0n) is 11.4. The normalized spacial score (nSPS) is 22.8. The zero-order valence-corrected chi connectivity index (χ0v) is 11.4. The molecule has 0 aliphatic carbocycles. The van der Waals surface area contributed by atoms with Crippen LogP contribution in [0.5, 0.6) is 0 Å². The van der Waals surface area contributed by atoms with Crippen molar-refractivity contribution >= 4 is 0 Å². The molecule has 2 heteroatoms. The molecule has 0 aromatic carbocycles. The molecular weight excluding hydrogens is 198 g/mol. The molecule has 0 amide bonds. The van der Waals surface area contributed by atoms with E-state index in [1.54, 1.807) is 0 Å². The highest BCUT2D eigenvalue weighted by Gasteiger charge is 2.27. The molecule has 0 spiro atoms. The fraction of sp³-hybridized carbons (Fsp3) is 0.857. The van der Waals surface area contributed by atoms with Gasteiger partial charge in [0, 0.05) is 13.1 Å². The van der Waals surface area contributed by atoms with Crippen molar-refractivity contribution < 1.29 is 4.74 Å². The van der Waals surface area contributed by atoms with Crippen molar-refractivity contribution in [3.63, 3.8) is 0 Å². The van der Waals surface area contributed by atoms with Crippen LogP contribution in [0.25, 0.3) is 0 Å². The molecule has 0 N–H and O–H groups in total. The van der Waals surface area contributed by atoms with Gasteiger partial charge in [0.2, 0.25) is 0 Å². The van der Waals surface area contributed by atoms with Crippen LogP contribution in [0.3, 0.4) is 0 Å². The Balaban J connectivity index is 2.49. The Morgan fingerprint density at radius 1 is 1.31 bits per heavy atom. The lowest BCUT2D eigenvalue weighted by atomic mass is 9.77. The van der Waals surface area contributed by atoms with E-state index in [4.69, 9.17) is 4.74 Å². The minimum absolute atomic E-state index is 0.433. The number of ether oxygens (including phenoxy) is 1. The first-order valence-corrected chi connectivity index (χ1v) is 6.51. The van der Waals surface area contributed by atoms with Crippen molar-refractivity contribution in [1.29, 1.82) is 0 Å². The molecule has 0 saturated carbocycles. The standard InChI is InChI=1S/C14H27NO/c1-6-16-12(2)15-10-7-8-13(9-11-15)14(3,4)5/h13H,2,6-11H2,1,3-5H3. The molecule has 1 aliphatic heterocycles. The Morgan fingerprint density at radius 3 is 2.56 bits per heavy atom. The largest absolute Gasteiger partial charge is 0.480 e. The first-order chi connectivity index (χ1) is 7.45. The smallest absolute Gasteiger partial charge is 0.181 e. The van der Waals surface area contributed by atoms with Gasteiger partial charge in [-0.3, -0.25) is 0 Å². The van der Waals surface area contributed by atoms with Gasteiger partial charge < -0.3 is 9.64 Å². The van der Waals surface area contributed by atoms with Gasteiger partial charge in [-0.25, -0.2) is 0 Å². The van der Waals surface area contributed by atoms with E-state index >= 15 is 0 Å². The van der Waals surface area contributed by atoms with Crippen LogP contribution in [0.1, 0.15) is 47.0 Å². The summed E-state index contributed by atoms with van der Waals surface area (Å²) in [4.78, 5) is 2.30. The lowest BCUT2D eigenvalue weighted by Crippen LogP contribution is -2.26. The van der Waals surface area contributed by atoms with Gasteiger partial charge in [0.15, 0.2) is 5.88 Å². The minimum Gasteiger partial charge on any atom is -0.480 e. The SMILES string of the molecule is C=C(OCC)N1CCCC(C(C)(C)C)CC1. The zero-order chi connectivity index (χ0) is 12.2. The van der Waals surface area contributed by atoms with Gasteiger partial charge in [0.25, 0.3) is 0 Å². The third-order valence-electron chi connectivity index (χ3n) is 3.62. The van der Waals surface area contributed by atoms with E-state index in [9.17, 15) is 0 Å². The van der Waals surface area contributed by atoms with Crippen molar-refractivity contribution in [2.75, 3.05) is 19.7 Å². The lowest BCUT2D eigenvalue weighted by molar-refractivity contribution is 0.121. The van der Waals surface area contributed by atoms with Crippen molar-refractivity contribution in [1.82, 2.24) is 4.90 Å². The molecular formula is C14H27NO. The maximum absolute atomic E-state index is 5.49. The summed E-state index contributed by atoms with van der Waals surface area (Å²) in [5, 5.41) is 0. The van der Waals surface area contributed by atoms with Crippen molar-refractivity contribution in [2.24, 2.45) is 11.3 Å². The van der Waals surface area contributed by atoms with Crippen molar-refractivity contribution in [3.05, 3.63) is 12.5 Å². The molecule has 0 aromatic heterocycles. The highest BCUT2D eigenvalue weighted by Crippen LogP contribution is 2.34. The average molecular weight is 225 g/mol. The van der Waals surface area contributed by atoms with Gasteiger partial charge in [0.05, 0.1) is 6.61 Å². The van der Waals surface area contributed by atoms with Gasteiger partial charge in [-0.05, 0) is 44.1 Å². The number of likely N-dealkylation sites (tertiary alicyclic amines) is 1. The third kappa shape index (κ3) is 3.73. The molecule has 0 aromatic rings. The quantitative estimate of drug-likeness (QED) is 0.680. The third-order valence-corrected chi connectivity index (χ3v) is 3.62. The molecule has 1 unspecified atom stereocenters. The van der Waals surface area contributed by atoms with E-state index in [0.29, 0.717) is 5.41 Å². The van der Waals surface area contributed by atoms with E-state index in [-0.39, 0.29) is 0 Å². The van der Waals surface area contributed by atoms with E-state index in [1.807, 2.05) is 6.92 Å². The Bertz CT molecular complexity index is 229. The summed E-state index contributed by atoms with van der Waals surface area (Å²) in [6.45, 7) is 16.0. The second kappa shape index (κ2) is 5.60. The highest BCUT2D eigenvalue weighted by atomic mass is 16.5. The van der Waals surface area contributed by atoms with Crippen LogP contribution in [-0.2, 0) is 4.74 Å². The predicted octanol–water partition coefficient (Wildman–Crippen LogP) is 3.64. The van der Waals surface area contributed by atoms with Gasteiger partial charge in [0.1, 0.15) is 0 Å². The molecule has 2 nitrogen and oxygen atoms in total. The van der Waals surface area contributed by atoms with Crippen LogP contribution >= 0.6 is 0 Å². The van der Waals surface area contributed by atoms with Crippen molar-refractivity contribution in [3.8, 4) is 0 Å². The highest BCUT2D eigenvalue weighted by molar-refractivity contribution is 4.87. The first kappa shape index (κ1) is 13.4. The van der Waals surface area contributed by atoms with E-state index in [0.717, 1.165) is 31.5 Å². The Kier molecular flexibility index (Phi) is 4.69. The molecule has 1 fully saturated rings. The van der Waals surface area contributed by atoms with Crippen LogP contribution in [0.15, 0.2) is 12.5 Å². The van der Waals surface area contributed by atoms with Crippen LogP contribution < -0.4 is 0 Å². The second-order valence-electron chi connectivity index (χ2n) is 5.81. The van der Waals surface area contributed by atoms with Crippen molar-refractivity contribution in [2.45, 2.75) is 47.0 Å². The average Bonchev–Trinajstić information content (AvgIpc) is 2.41. The fourth-order valence-electron chi connectivity index (χ4n) is 2.47. The Labute approximate surface area is 101 Å². The van der Waals surface area contributed by atoms with Gasteiger partial charge in [-0.1, -0.05) is 20.8 Å². The number of rotatable bonds is 3. The van der Waals surface area contributed by atoms with E-state index < -0.39 is 0 Å². The summed E-state index contributed by atoms with van der Waals surface area (Å²) in [6, 6.07) is 0. The summed E-state index contributed by atoms with van der Waals surface area (Å²) in [5.41, 5.74) is 0.433. The van der Waals surface area contributed by atoms with E-state index in [2.05, 4.69) is 32.3 Å². The molecule has 0 bridgehead atoms. The number of hydrogen-bond donors (Lipinski definition) is 0. The molecule has 1 atom stereocenters. The summed E-state index contributed by atoms with van der Waals surface area (Å²) < 4.78 is 5.49. The van der Waals surface area contributed by atoms with Gasteiger partial charge in [-0.15, -0.1) is 0 Å². The van der Waals surface area contributed by atoms with Crippen LogP contribution in [0.4, 0.5) is 0 Å². The molecule has 94 valence electrons. The number of nitrogens with zero attached hydrogens (tertiary/aromatic N) is 1. The lowest BCUT2D eigenvalue weighted by Gasteiger charge is -2.30. The summed E-state index contributed by atoms with van der Waals surface area (Å²) in [7, 11) is 0. The van der Waals surface area contributed by atoms with Crippen LogP contribution in [0, 0.1) is 11.3 Å². The summed E-state index contributed by atoms with van der Waals surface area (Å²) >= 11 is 0. The molecule has 16 heavy (non-hydrogen) atoms. The molecule has 1 saturated heterocycles. The monoisotopic (exact) mass is 225 g/mol. The van der Waals surface area contributed by atoms with E-state index in [1.165, 1.54) is 19.3 Å². The molecule has 1 aliphatic rings. The Hall–Kier alpha value is -0.660. The summed E-state index contributed by atoms with van der Waals surface area (Å²) in [5.74, 6) is 1.68. The maximum Gasteiger partial charge on any atom is 0.181 e. The van der Waals surface area contributed by atoms with Gasteiger partial charge >= 0.3 is 0 Å². The fourth-order valence-corrected chi connectivity index (χ4v) is 2.47. The topological polar surface area (TPSA) is 12.5 Å². The first-order valence-electron chi connectivity index (χ1n) is 6.51. The van der Waals surface area contributed by atoms with Gasteiger partial charge in [-0.2, -0.15) is 0 Å². The van der Waals surface area contributed by atoms with Crippen LogP contribution in [-0.4, -0.2) is 24.6 Å². The Morgan fingerprint density at radius 2 is 2.00 bits per heavy atom. The number of hydrogen-bond acceptors (Lipinski definition) is 2. The maximum atomic E-state index is 5.49. The summed E-state index contributed by atoms with van der Waals surface area (Å²) in [6.07, 6.45) is 3.85. The molecule has 1 rings (SSSR count). The van der Waals surface area contributed by atoms with Crippen LogP contribution in [0.2, 0.25) is 0 Å². The molecule has 1 heterocycles. The predicted molar refractivity (Wildman–Crippen MR) is 69.1 cm³/mol. The second-order valence-corrected chi connectivity index (χ2v) is 5.81. The minimum atomic E-state index is 0.433. The molecule has 0 radical (unpaired) electrons.